The minimum absolute atomic E-state index is 0.0888. The molecule has 2 amide bonds. The van der Waals surface area contributed by atoms with Crippen LogP contribution in [0.3, 0.4) is 0 Å². The monoisotopic (exact) mass is 449 g/mol. The Morgan fingerprint density at radius 2 is 2.03 bits per heavy atom. The molecular weight excluding hydrogens is 422 g/mol. The number of aromatic nitrogens is 1. The van der Waals surface area contributed by atoms with E-state index in [1.54, 1.807) is 18.3 Å². The summed E-state index contributed by atoms with van der Waals surface area (Å²) in [6, 6.07) is 11.6. The molecule has 1 atom stereocenters. The SMILES string of the molecule is CCCc1nc(-c2ccc3c(c2)N(CC(=O)Nc2cc(C)ccc2C)C(=O)C(C)O3)cs1. The minimum Gasteiger partial charge on any atom is -0.479 e. The van der Waals surface area contributed by atoms with Gasteiger partial charge in [0.1, 0.15) is 12.3 Å². The van der Waals surface area contributed by atoms with Gasteiger partial charge in [-0.3, -0.25) is 14.5 Å². The number of amides is 2. The fourth-order valence-electron chi connectivity index (χ4n) is 3.71. The van der Waals surface area contributed by atoms with Crippen molar-refractivity contribution in [2.75, 3.05) is 16.8 Å². The van der Waals surface area contributed by atoms with E-state index >= 15 is 0 Å². The number of hydrogen-bond donors (Lipinski definition) is 1. The number of benzene rings is 2. The number of aryl methyl sites for hydroxylation is 3. The topological polar surface area (TPSA) is 71.5 Å². The van der Waals surface area contributed by atoms with E-state index in [-0.39, 0.29) is 18.4 Å². The molecular formula is C25H27N3O3S. The molecule has 2 heterocycles. The van der Waals surface area contributed by atoms with Crippen LogP contribution < -0.4 is 15.0 Å². The summed E-state index contributed by atoms with van der Waals surface area (Å²) >= 11 is 1.64. The van der Waals surface area contributed by atoms with Crippen LogP contribution in [0.4, 0.5) is 11.4 Å². The predicted molar refractivity (Wildman–Crippen MR) is 129 cm³/mol. The number of rotatable bonds is 6. The first-order valence-electron chi connectivity index (χ1n) is 10.8. The number of thiazole rings is 1. The average Bonchev–Trinajstić information content (AvgIpc) is 3.23. The van der Waals surface area contributed by atoms with Gasteiger partial charge in [0.25, 0.3) is 5.91 Å². The summed E-state index contributed by atoms with van der Waals surface area (Å²) < 4.78 is 5.80. The summed E-state index contributed by atoms with van der Waals surface area (Å²) in [4.78, 5) is 32.0. The van der Waals surface area contributed by atoms with Gasteiger partial charge in [-0.1, -0.05) is 19.1 Å². The summed E-state index contributed by atoms with van der Waals surface area (Å²) in [7, 11) is 0. The van der Waals surface area contributed by atoms with Gasteiger partial charge in [0, 0.05) is 16.6 Å². The Morgan fingerprint density at radius 3 is 2.81 bits per heavy atom. The van der Waals surface area contributed by atoms with Gasteiger partial charge in [-0.15, -0.1) is 11.3 Å². The first-order chi connectivity index (χ1) is 15.4. The molecule has 3 aromatic rings. The molecule has 6 nitrogen and oxygen atoms in total. The predicted octanol–water partition coefficient (Wildman–Crippen LogP) is 5.13. The Kier molecular flexibility index (Phi) is 6.28. The Balaban J connectivity index is 1.61. The fourth-order valence-corrected chi connectivity index (χ4v) is 4.61. The van der Waals surface area contributed by atoms with E-state index in [1.807, 2.05) is 55.6 Å². The maximum absolute atomic E-state index is 12.9. The number of fused-ring (bicyclic) bond motifs is 1. The van der Waals surface area contributed by atoms with Crippen LogP contribution in [0.15, 0.2) is 41.8 Å². The van der Waals surface area contributed by atoms with E-state index in [1.165, 1.54) is 4.90 Å². The molecule has 0 aliphatic carbocycles. The van der Waals surface area contributed by atoms with Crippen molar-refractivity contribution in [3.05, 3.63) is 57.9 Å². The third-order valence-electron chi connectivity index (χ3n) is 5.45. The summed E-state index contributed by atoms with van der Waals surface area (Å²) in [5.41, 5.74) is 5.14. The number of nitrogens with one attached hydrogen (secondary N) is 1. The lowest BCUT2D eigenvalue weighted by molar-refractivity contribution is -0.127. The van der Waals surface area contributed by atoms with Gasteiger partial charge < -0.3 is 10.1 Å². The molecule has 166 valence electrons. The van der Waals surface area contributed by atoms with Crippen LogP contribution in [0.5, 0.6) is 5.75 Å². The van der Waals surface area contributed by atoms with Gasteiger partial charge in [-0.2, -0.15) is 0 Å². The van der Waals surface area contributed by atoms with Crippen molar-refractivity contribution >= 4 is 34.5 Å². The third kappa shape index (κ3) is 4.53. The lowest BCUT2D eigenvalue weighted by Gasteiger charge is -2.33. The molecule has 0 fully saturated rings. The molecule has 2 aromatic carbocycles. The normalized spacial score (nSPS) is 15.3. The van der Waals surface area contributed by atoms with Crippen molar-refractivity contribution in [1.29, 1.82) is 0 Å². The molecule has 0 spiro atoms. The zero-order valence-electron chi connectivity index (χ0n) is 18.8. The molecule has 1 aromatic heterocycles. The number of nitrogens with zero attached hydrogens (tertiary/aromatic N) is 2. The van der Waals surface area contributed by atoms with Crippen LogP contribution in [0.25, 0.3) is 11.3 Å². The number of ether oxygens (including phenoxy) is 1. The first-order valence-corrected chi connectivity index (χ1v) is 11.7. The molecule has 0 saturated carbocycles. The quantitative estimate of drug-likeness (QED) is 0.566. The summed E-state index contributed by atoms with van der Waals surface area (Å²) in [6.45, 7) is 7.66. The lowest BCUT2D eigenvalue weighted by Crippen LogP contribution is -2.47. The smallest absolute Gasteiger partial charge is 0.268 e. The number of carbonyl (C=O) groups excluding carboxylic acids is 2. The molecule has 1 N–H and O–H groups in total. The highest BCUT2D eigenvalue weighted by molar-refractivity contribution is 7.09. The van der Waals surface area contributed by atoms with E-state index in [9.17, 15) is 9.59 Å². The van der Waals surface area contributed by atoms with E-state index in [0.717, 1.165) is 45.9 Å². The maximum atomic E-state index is 12.9. The second kappa shape index (κ2) is 9.12. The summed E-state index contributed by atoms with van der Waals surface area (Å²) in [5, 5.41) is 6.06. The largest absolute Gasteiger partial charge is 0.479 e. The van der Waals surface area contributed by atoms with Crippen molar-refractivity contribution in [3.63, 3.8) is 0 Å². The molecule has 0 saturated heterocycles. The minimum atomic E-state index is -0.655. The Morgan fingerprint density at radius 1 is 1.22 bits per heavy atom. The fraction of sp³-hybridized carbons (Fsp3) is 0.320. The third-order valence-corrected chi connectivity index (χ3v) is 6.36. The van der Waals surface area contributed by atoms with Gasteiger partial charge in [-0.05, 0) is 69.0 Å². The zero-order chi connectivity index (χ0) is 22.8. The van der Waals surface area contributed by atoms with Gasteiger partial charge in [0.2, 0.25) is 5.91 Å². The van der Waals surface area contributed by atoms with Crippen molar-refractivity contribution in [2.45, 2.75) is 46.6 Å². The van der Waals surface area contributed by atoms with Crippen molar-refractivity contribution < 1.29 is 14.3 Å². The van der Waals surface area contributed by atoms with E-state index in [4.69, 9.17) is 9.72 Å². The molecule has 7 heteroatoms. The van der Waals surface area contributed by atoms with Gasteiger partial charge in [-0.25, -0.2) is 4.98 Å². The van der Waals surface area contributed by atoms with Crippen LogP contribution in [0.2, 0.25) is 0 Å². The zero-order valence-corrected chi connectivity index (χ0v) is 19.6. The molecule has 0 bridgehead atoms. The van der Waals surface area contributed by atoms with Crippen LogP contribution in [-0.2, 0) is 16.0 Å². The van der Waals surface area contributed by atoms with Crippen molar-refractivity contribution in [3.8, 4) is 17.0 Å². The highest BCUT2D eigenvalue weighted by Crippen LogP contribution is 2.38. The lowest BCUT2D eigenvalue weighted by atomic mass is 10.1. The summed E-state index contributed by atoms with van der Waals surface area (Å²) in [6.07, 6.45) is 1.33. The molecule has 32 heavy (non-hydrogen) atoms. The molecule has 4 rings (SSSR count). The Bertz CT molecular complexity index is 1170. The van der Waals surface area contributed by atoms with Crippen LogP contribution in [0.1, 0.15) is 36.4 Å². The average molecular weight is 450 g/mol. The van der Waals surface area contributed by atoms with Crippen LogP contribution in [-0.4, -0.2) is 29.4 Å². The number of hydrogen-bond acceptors (Lipinski definition) is 5. The van der Waals surface area contributed by atoms with Gasteiger partial charge >= 0.3 is 0 Å². The van der Waals surface area contributed by atoms with Gasteiger partial charge in [0.15, 0.2) is 6.10 Å². The van der Waals surface area contributed by atoms with Crippen LogP contribution in [0, 0.1) is 13.8 Å². The number of anilines is 2. The Hall–Kier alpha value is -3.19. The molecule has 1 aliphatic heterocycles. The highest BCUT2D eigenvalue weighted by atomic mass is 32.1. The first kappa shape index (κ1) is 22.0. The van der Waals surface area contributed by atoms with E-state index < -0.39 is 6.10 Å². The number of carbonyl (C=O) groups is 2. The second-order valence-electron chi connectivity index (χ2n) is 8.11. The Labute approximate surface area is 192 Å². The van der Waals surface area contributed by atoms with E-state index in [2.05, 4.69) is 12.2 Å². The summed E-state index contributed by atoms with van der Waals surface area (Å²) in [5.74, 6) is 0.0940. The van der Waals surface area contributed by atoms with Crippen molar-refractivity contribution in [1.82, 2.24) is 4.98 Å². The molecule has 1 aliphatic rings. The standard InChI is InChI=1S/C25H27N3O3S/c1-5-6-24-27-20(14-32-24)18-9-10-22-21(12-18)28(25(30)17(4)31-22)13-23(29)26-19-11-15(2)7-8-16(19)3/h7-12,14,17H,5-6,13H2,1-4H3,(H,26,29). The van der Waals surface area contributed by atoms with Crippen molar-refractivity contribution in [2.24, 2.45) is 0 Å². The molecule has 1 unspecified atom stereocenters. The molecule has 0 radical (unpaired) electrons. The second-order valence-corrected chi connectivity index (χ2v) is 9.05. The van der Waals surface area contributed by atoms with Gasteiger partial charge in [0.05, 0.1) is 16.4 Å². The van der Waals surface area contributed by atoms with Crippen LogP contribution >= 0.6 is 11.3 Å². The highest BCUT2D eigenvalue weighted by Gasteiger charge is 2.33. The van der Waals surface area contributed by atoms with E-state index in [0.29, 0.717) is 11.4 Å². The maximum Gasteiger partial charge on any atom is 0.268 e.